The van der Waals surface area contributed by atoms with Crippen molar-refractivity contribution in [2.75, 3.05) is 5.75 Å². The van der Waals surface area contributed by atoms with Gasteiger partial charge in [-0.1, -0.05) is 22.9 Å². The first-order chi connectivity index (χ1) is 5.72. The molecule has 0 aliphatic rings. The van der Waals surface area contributed by atoms with Gasteiger partial charge in [-0.05, 0) is 29.5 Å². The Balaban J connectivity index is 2.72. The van der Waals surface area contributed by atoms with E-state index in [9.17, 15) is 4.39 Å². The summed E-state index contributed by atoms with van der Waals surface area (Å²) in [5, 5.41) is 0. The third-order valence-corrected chi connectivity index (χ3v) is 2.80. The van der Waals surface area contributed by atoms with Crippen LogP contribution in [-0.4, -0.2) is 5.75 Å². The molecule has 0 N–H and O–H groups in total. The number of hydrogen-bond donors (Lipinski definition) is 0. The zero-order valence-electron chi connectivity index (χ0n) is 6.81. The summed E-state index contributed by atoms with van der Waals surface area (Å²) in [5.41, 5.74) is 1.04. The normalized spacial score (nSPS) is 10.2. The monoisotopic (exact) mass is 248 g/mol. The second kappa shape index (κ2) is 4.87. The fraction of sp³-hybridized carbons (Fsp3) is 0.333. The molecule has 0 bridgehead atoms. The highest BCUT2D eigenvalue weighted by molar-refractivity contribution is 9.10. The van der Waals surface area contributed by atoms with Crippen LogP contribution in [0.2, 0.25) is 0 Å². The van der Waals surface area contributed by atoms with Crippen molar-refractivity contribution in [1.82, 2.24) is 0 Å². The molecule has 0 spiro atoms. The van der Waals surface area contributed by atoms with Gasteiger partial charge in [0.1, 0.15) is 5.82 Å². The molecule has 0 heterocycles. The highest BCUT2D eigenvalue weighted by Gasteiger charge is 1.98. The lowest BCUT2D eigenvalue weighted by molar-refractivity contribution is 0.625. The lowest BCUT2D eigenvalue weighted by Crippen LogP contribution is -1.83. The summed E-state index contributed by atoms with van der Waals surface area (Å²) in [6, 6.07) is 5.00. The summed E-state index contributed by atoms with van der Waals surface area (Å²) in [6.07, 6.45) is 0. The van der Waals surface area contributed by atoms with Gasteiger partial charge >= 0.3 is 0 Å². The first-order valence-electron chi connectivity index (χ1n) is 3.75. The Kier molecular flexibility index (Phi) is 4.09. The van der Waals surface area contributed by atoms with Crippen molar-refractivity contribution in [2.45, 2.75) is 12.7 Å². The second-order valence-corrected chi connectivity index (χ2v) is 4.60. The van der Waals surface area contributed by atoms with E-state index in [2.05, 4.69) is 22.9 Å². The standard InChI is InChI=1S/C9H10BrFS/c1-2-12-6-7-3-8(10)5-9(11)4-7/h3-5H,2,6H2,1H3. The summed E-state index contributed by atoms with van der Waals surface area (Å²) in [7, 11) is 0. The van der Waals surface area contributed by atoms with Gasteiger partial charge in [-0.3, -0.25) is 0 Å². The van der Waals surface area contributed by atoms with Crippen LogP contribution < -0.4 is 0 Å². The van der Waals surface area contributed by atoms with E-state index in [0.29, 0.717) is 0 Å². The number of hydrogen-bond acceptors (Lipinski definition) is 1. The summed E-state index contributed by atoms with van der Waals surface area (Å²) in [6.45, 7) is 2.10. The fourth-order valence-electron chi connectivity index (χ4n) is 0.914. The van der Waals surface area contributed by atoms with E-state index in [1.54, 1.807) is 17.8 Å². The minimum Gasteiger partial charge on any atom is -0.207 e. The molecule has 0 atom stereocenters. The lowest BCUT2D eigenvalue weighted by atomic mass is 10.2. The third-order valence-electron chi connectivity index (χ3n) is 1.40. The largest absolute Gasteiger partial charge is 0.207 e. The van der Waals surface area contributed by atoms with Crippen molar-refractivity contribution in [3.63, 3.8) is 0 Å². The lowest BCUT2D eigenvalue weighted by Gasteiger charge is -2.00. The molecule has 0 fully saturated rings. The first kappa shape index (κ1) is 10.1. The smallest absolute Gasteiger partial charge is 0.124 e. The zero-order chi connectivity index (χ0) is 8.97. The van der Waals surface area contributed by atoms with Crippen LogP contribution in [-0.2, 0) is 5.75 Å². The molecule has 1 aromatic rings. The van der Waals surface area contributed by atoms with Crippen LogP contribution in [0.15, 0.2) is 22.7 Å². The number of thioether (sulfide) groups is 1. The van der Waals surface area contributed by atoms with Crippen LogP contribution in [0.1, 0.15) is 12.5 Å². The van der Waals surface area contributed by atoms with Gasteiger partial charge < -0.3 is 0 Å². The Morgan fingerprint density at radius 2 is 2.17 bits per heavy atom. The zero-order valence-corrected chi connectivity index (χ0v) is 9.21. The van der Waals surface area contributed by atoms with E-state index in [-0.39, 0.29) is 5.82 Å². The van der Waals surface area contributed by atoms with Crippen LogP contribution in [0.3, 0.4) is 0 Å². The molecule has 0 amide bonds. The number of rotatable bonds is 3. The van der Waals surface area contributed by atoms with E-state index in [4.69, 9.17) is 0 Å². The average molecular weight is 249 g/mol. The van der Waals surface area contributed by atoms with Crippen LogP contribution in [0.25, 0.3) is 0 Å². The van der Waals surface area contributed by atoms with Crippen LogP contribution in [0, 0.1) is 5.82 Å². The van der Waals surface area contributed by atoms with Crippen molar-refractivity contribution < 1.29 is 4.39 Å². The molecule has 0 radical (unpaired) electrons. The topological polar surface area (TPSA) is 0 Å². The summed E-state index contributed by atoms with van der Waals surface area (Å²) in [5.74, 6) is 1.78. The van der Waals surface area contributed by atoms with Gasteiger partial charge in [0, 0.05) is 10.2 Å². The van der Waals surface area contributed by atoms with Crippen molar-refractivity contribution >= 4 is 27.7 Å². The fourth-order valence-corrected chi connectivity index (χ4v) is 2.03. The molecular weight excluding hydrogens is 239 g/mol. The van der Waals surface area contributed by atoms with Gasteiger partial charge in [0.15, 0.2) is 0 Å². The van der Waals surface area contributed by atoms with Gasteiger partial charge in [0.2, 0.25) is 0 Å². The van der Waals surface area contributed by atoms with E-state index in [1.807, 2.05) is 6.07 Å². The second-order valence-electron chi connectivity index (χ2n) is 2.41. The van der Waals surface area contributed by atoms with Crippen molar-refractivity contribution in [2.24, 2.45) is 0 Å². The van der Waals surface area contributed by atoms with E-state index >= 15 is 0 Å². The Labute approximate surface area is 84.7 Å². The van der Waals surface area contributed by atoms with E-state index in [0.717, 1.165) is 21.5 Å². The molecule has 0 unspecified atom stereocenters. The Morgan fingerprint density at radius 3 is 2.75 bits per heavy atom. The summed E-state index contributed by atoms with van der Waals surface area (Å²) >= 11 is 5.05. The molecule has 3 heteroatoms. The highest BCUT2D eigenvalue weighted by Crippen LogP contribution is 2.18. The molecule has 12 heavy (non-hydrogen) atoms. The van der Waals surface area contributed by atoms with Crippen molar-refractivity contribution in [3.8, 4) is 0 Å². The minimum atomic E-state index is -0.170. The number of benzene rings is 1. The molecule has 0 nitrogen and oxygen atoms in total. The van der Waals surface area contributed by atoms with Gasteiger partial charge in [-0.15, -0.1) is 0 Å². The third kappa shape index (κ3) is 3.15. The highest BCUT2D eigenvalue weighted by atomic mass is 79.9. The molecule has 1 rings (SSSR count). The van der Waals surface area contributed by atoms with Crippen LogP contribution in [0.5, 0.6) is 0 Å². The maximum Gasteiger partial charge on any atom is 0.124 e. The Bertz CT molecular complexity index is 242. The maximum absolute atomic E-state index is 12.8. The molecule has 0 saturated heterocycles. The maximum atomic E-state index is 12.8. The predicted molar refractivity (Wildman–Crippen MR) is 55.9 cm³/mol. The molecule has 66 valence electrons. The molecule has 0 saturated carbocycles. The molecule has 0 aromatic heterocycles. The minimum absolute atomic E-state index is 0.170. The molecule has 0 aliphatic carbocycles. The predicted octanol–water partition coefficient (Wildman–Crippen LogP) is 3.84. The average Bonchev–Trinajstić information content (AvgIpc) is 1.99. The molecule has 0 aliphatic heterocycles. The van der Waals surface area contributed by atoms with Gasteiger partial charge in [0.25, 0.3) is 0 Å². The van der Waals surface area contributed by atoms with Gasteiger partial charge in [0.05, 0.1) is 0 Å². The molecule has 1 aromatic carbocycles. The van der Waals surface area contributed by atoms with E-state index < -0.39 is 0 Å². The van der Waals surface area contributed by atoms with Gasteiger partial charge in [-0.2, -0.15) is 11.8 Å². The van der Waals surface area contributed by atoms with Crippen molar-refractivity contribution in [3.05, 3.63) is 34.1 Å². The Morgan fingerprint density at radius 1 is 1.42 bits per heavy atom. The molecular formula is C9H10BrFS. The summed E-state index contributed by atoms with van der Waals surface area (Å²) < 4.78 is 13.6. The summed E-state index contributed by atoms with van der Waals surface area (Å²) in [4.78, 5) is 0. The number of halogens is 2. The SMILES string of the molecule is CCSCc1cc(F)cc(Br)c1. The Hall–Kier alpha value is -0.0200. The van der Waals surface area contributed by atoms with Crippen LogP contribution in [0.4, 0.5) is 4.39 Å². The quantitative estimate of drug-likeness (QED) is 0.784. The van der Waals surface area contributed by atoms with Gasteiger partial charge in [-0.25, -0.2) is 4.39 Å². The first-order valence-corrected chi connectivity index (χ1v) is 5.70. The van der Waals surface area contributed by atoms with Crippen LogP contribution >= 0.6 is 27.7 Å². The van der Waals surface area contributed by atoms with Crippen molar-refractivity contribution in [1.29, 1.82) is 0 Å². The van der Waals surface area contributed by atoms with E-state index in [1.165, 1.54) is 6.07 Å².